The van der Waals surface area contributed by atoms with Gasteiger partial charge in [0.1, 0.15) is 0 Å². The number of anilines is 1. The van der Waals surface area contributed by atoms with Crippen molar-refractivity contribution >= 4 is 21.6 Å². The Morgan fingerprint density at radius 3 is 2.93 bits per heavy atom. The molecule has 2 heteroatoms. The minimum Gasteiger partial charge on any atom is -0.371 e. The molecule has 1 nitrogen and oxygen atoms in total. The van der Waals surface area contributed by atoms with Gasteiger partial charge in [-0.3, -0.25) is 0 Å². The lowest BCUT2D eigenvalue weighted by atomic mass is 10.1. The van der Waals surface area contributed by atoms with Crippen molar-refractivity contribution in [3.8, 4) is 0 Å². The van der Waals surface area contributed by atoms with Crippen LogP contribution in [0.15, 0.2) is 18.2 Å². The van der Waals surface area contributed by atoms with Crippen molar-refractivity contribution in [3.05, 3.63) is 29.3 Å². The molecule has 1 atom stereocenters. The van der Waals surface area contributed by atoms with E-state index < -0.39 is 0 Å². The van der Waals surface area contributed by atoms with Gasteiger partial charge in [-0.1, -0.05) is 35.0 Å². The fourth-order valence-electron chi connectivity index (χ4n) is 2.30. The van der Waals surface area contributed by atoms with E-state index in [0.717, 1.165) is 13.0 Å². The average molecular weight is 268 g/mol. The number of fused-ring (bicyclic) bond motifs is 1. The lowest BCUT2D eigenvalue weighted by Gasteiger charge is -2.16. The monoisotopic (exact) mass is 267 g/mol. The van der Waals surface area contributed by atoms with E-state index in [-0.39, 0.29) is 0 Å². The van der Waals surface area contributed by atoms with Crippen molar-refractivity contribution < 1.29 is 0 Å². The summed E-state index contributed by atoms with van der Waals surface area (Å²) in [6.07, 6.45) is 2.34. The van der Waals surface area contributed by atoms with E-state index in [0.29, 0.717) is 4.83 Å². The highest BCUT2D eigenvalue weighted by molar-refractivity contribution is 9.09. The molecule has 0 aliphatic carbocycles. The minimum absolute atomic E-state index is 0.569. The van der Waals surface area contributed by atoms with Gasteiger partial charge < -0.3 is 4.90 Å². The first-order valence-electron chi connectivity index (χ1n) is 5.71. The first-order valence-corrected chi connectivity index (χ1v) is 6.63. The van der Waals surface area contributed by atoms with E-state index in [1.165, 1.54) is 29.8 Å². The van der Waals surface area contributed by atoms with Gasteiger partial charge in [-0.05, 0) is 37.0 Å². The van der Waals surface area contributed by atoms with E-state index in [1.54, 1.807) is 0 Å². The SMILES string of the molecule is CCN1CCc2cc(CC(C)Br)ccc21. The average Bonchev–Trinajstić information content (AvgIpc) is 2.58. The molecule has 1 unspecified atom stereocenters. The molecular weight excluding hydrogens is 250 g/mol. The summed E-state index contributed by atoms with van der Waals surface area (Å²) < 4.78 is 0. The number of alkyl halides is 1. The summed E-state index contributed by atoms with van der Waals surface area (Å²) in [5.74, 6) is 0. The van der Waals surface area contributed by atoms with Gasteiger partial charge in [-0.15, -0.1) is 0 Å². The highest BCUT2D eigenvalue weighted by Gasteiger charge is 2.17. The number of hydrogen-bond donors (Lipinski definition) is 0. The van der Waals surface area contributed by atoms with Crippen molar-refractivity contribution in [1.29, 1.82) is 0 Å². The first-order chi connectivity index (χ1) is 7.20. The number of likely N-dealkylation sites (N-methyl/N-ethyl adjacent to an activating group) is 1. The second-order valence-electron chi connectivity index (χ2n) is 4.28. The van der Waals surface area contributed by atoms with Crippen LogP contribution >= 0.6 is 15.9 Å². The molecule has 0 aromatic heterocycles. The van der Waals surface area contributed by atoms with Crippen LogP contribution in [0.4, 0.5) is 5.69 Å². The molecule has 0 bridgehead atoms. The third kappa shape index (κ3) is 2.36. The molecule has 0 saturated carbocycles. The van der Waals surface area contributed by atoms with Gasteiger partial charge in [0.25, 0.3) is 0 Å². The topological polar surface area (TPSA) is 3.24 Å². The summed E-state index contributed by atoms with van der Waals surface area (Å²) in [6, 6.07) is 6.93. The minimum atomic E-state index is 0.569. The van der Waals surface area contributed by atoms with Crippen molar-refractivity contribution in [2.45, 2.75) is 31.5 Å². The van der Waals surface area contributed by atoms with Gasteiger partial charge in [0.2, 0.25) is 0 Å². The third-order valence-electron chi connectivity index (χ3n) is 3.03. The Labute approximate surface area is 101 Å². The number of nitrogens with zero attached hydrogens (tertiary/aromatic N) is 1. The van der Waals surface area contributed by atoms with E-state index in [2.05, 4.69) is 52.9 Å². The maximum Gasteiger partial charge on any atom is 0.0399 e. The van der Waals surface area contributed by atoms with Crippen molar-refractivity contribution in [1.82, 2.24) is 0 Å². The van der Waals surface area contributed by atoms with Crippen LogP contribution in [0.25, 0.3) is 0 Å². The summed E-state index contributed by atoms with van der Waals surface area (Å²) in [5, 5.41) is 0. The quantitative estimate of drug-likeness (QED) is 0.759. The summed E-state index contributed by atoms with van der Waals surface area (Å²) >= 11 is 3.61. The standard InChI is InChI=1S/C13H18BrN/c1-3-15-7-6-12-9-11(8-10(2)14)4-5-13(12)15/h4-5,9-10H,3,6-8H2,1-2H3. The summed E-state index contributed by atoms with van der Waals surface area (Å²) in [7, 11) is 0. The molecule has 1 aromatic carbocycles. The van der Waals surface area contributed by atoms with Crippen LogP contribution < -0.4 is 4.90 Å². The molecule has 15 heavy (non-hydrogen) atoms. The second kappa shape index (κ2) is 4.56. The van der Waals surface area contributed by atoms with E-state index in [1.807, 2.05) is 0 Å². The van der Waals surface area contributed by atoms with Gasteiger partial charge in [-0.25, -0.2) is 0 Å². The van der Waals surface area contributed by atoms with Crippen molar-refractivity contribution in [2.24, 2.45) is 0 Å². The van der Waals surface area contributed by atoms with Gasteiger partial charge in [0.15, 0.2) is 0 Å². The van der Waals surface area contributed by atoms with Crippen molar-refractivity contribution in [2.75, 3.05) is 18.0 Å². The molecule has 1 aliphatic heterocycles. The molecule has 2 rings (SSSR count). The second-order valence-corrected chi connectivity index (χ2v) is 5.84. The number of halogens is 1. The molecule has 0 radical (unpaired) electrons. The van der Waals surface area contributed by atoms with Crippen LogP contribution in [0.1, 0.15) is 25.0 Å². The maximum atomic E-state index is 3.61. The summed E-state index contributed by atoms with van der Waals surface area (Å²) in [5.41, 5.74) is 4.43. The van der Waals surface area contributed by atoms with Crippen LogP contribution in [0.3, 0.4) is 0 Å². The number of hydrogen-bond acceptors (Lipinski definition) is 1. The summed E-state index contributed by atoms with van der Waals surface area (Å²) in [4.78, 5) is 3.02. The molecule has 1 aromatic rings. The Bertz CT molecular complexity index is 346. The molecule has 1 heterocycles. The Kier molecular flexibility index (Phi) is 3.35. The lowest BCUT2D eigenvalue weighted by molar-refractivity contribution is 0.868. The van der Waals surface area contributed by atoms with Crippen molar-refractivity contribution in [3.63, 3.8) is 0 Å². The van der Waals surface area contributed by atoms with Gasteiger partial charge >= 0.3 is 0 Å². The zero-order valence-electron chi connectivity index (χ0n) is 9.46. The Hall–Kier alpha value is -0.500. The highest BCUT2D eigenvalue weighted by atomic mass is 79.9. The highest BCUT2D eigenvalue weighted by Crippen LogP contribution is 2.29. The molecule has 0 saturated heterocycles. The zero-order valence-corrected chi connectivity index (χ0v) is 11.0. The Morgan fingerprint density at radius 2 is 2.27 bits per heavy atom. The predicted molar refractivity (Wildman–Crippen MR) is 70.1 cm³/mol. The van der Waals surface area contributed by atoms with E-state index in [9.17, 15) is 0 Å². The van der Waals surface area contributed by atoms with Gasteiger partial charge in [-0.2, -0.15) is 0 Å². The van der Waals surface area contributed by atoms with Crippen LogP contribution in [0.5, 0.6) is 0 Å². The van der Waals surface area contributed by atoms with E-state index in [4.69, 9.17) is 0 Å². The fourth-order valence-corrected chi connectivity index (χ4v) is 2.68. The molecule has 0 fully saturated rings. The molecule has 0 spiro atoms. The first kappa shape index (κ1) is 11.0. The van der Waals surface area contributed by atoms with Gasteiger partial charge in [0.05, 0.1) is 0 Å². The van der Waals surface area contributed by atoms with E-state index >= 15 is 0 Å². The van der Waals surface area contributed by atoms with Crippen LogP contribution in [-0.4, -0.2) is 17.9 Å². The summed E-state index contributed by atoms with van der Waals surface area (Å²) in [6.45, 7) is 6.75. The van der Waals surface area contributed by atoms with Crippen LogP contribution in [0.2, 0.25) is 0 Å². The number of benzene rings is 1. The lowest BCUT2D eigenvalue weighted by Crippen LogP contribution is -2.19. The van der Waals surface area contributed by atoms with Crippen LogP contribution in [-0.2, 0) is 12.8 Å². The normalized spacial score (nSPS) is 16.6. The maximum absolute atomic E-state index is 3.61. The zero-order chi connectivity index (χ0) is 10.8. The Balaban J connectivity index is 2.21. The molecule has 0 N–H and O–H groups in total. The molecule has 1 aliphatic rings. The van der Waals surface area contributed by atoms with Crippen LogP contribution in [0, 0.1) is 0 Å². The molecular formula is C13H18BrN. The Morgan fingerprint density at radius 1 is 1.47 bits per heavy atom. The third-order valence-corrected chi connectivity index (χ3v) is 3.36. The predicted octanol–water partition coefficient (Wildman–Crippen LogP) is 3.39. The molecule has 82 valence electrons. The van der Waals surface area contributed by atoms with Gasteiger partial charge in [0, 0.05) is 23.6 Å². The fraction of sp³-hybridized carbons (Fsp3) is 0.538. The smallest absolute Gasteiger partial charge is 0.0399 e. The molecule has 0 amide bonds. The number of rotatable bonds is 3. The largest absolute Gasteiger partial charge is 0.371 e.